The zero-order valence-corrected chi connectivity index (χ0v) is 18.9. The molecule has 0 aromatic rings. The number of unbranched alkanes of at least 4 members (excludes halogenated alkanes) is 11. The fourth-order valence-corrected chi connectivity index (χ4v) is 4.23. The summed E-state index contributed by atoms with van der Waals surface area (Å²) in [7, 11) is 0. The van der Waals surface area contributed by atoms with Crippen molar-refractivity contribution in [2.45, 2.75) is 116 Å². The molecular formula is C24H51N3. The van der Waals surface area contributed by atoms with Gasteiger partial charge in [0.05, 0.1) is 0 Å². The summed E-state index contributed by atoms with van der Waals surface area (Å²) in [4.78, 5) is 2.61. The Labute approximate surface area is 171 Å². The van der Waals surface area contributed by atoms with Crippen molar-refractivity contribution in [1.82, 2.24) is 15.5 Å². The summed E-state index contributed by atoms with van der Waals surface area (Å²) in [6, 6.07) is 0.759. The van der Waals surface area contributed by atoms with Crippen LogP contribution in [0.2, 0.25) is 0 Å². The maximum atomic E-state index is 3.92. The van der Waals surface area contributed by atoms with Crippen LogP contribution in [-0.2, 0) is 0 Å². The zero-order chi connectivity index (χ0) is 19.4. The Morgan fingerprint density at radius 2 is 1.19 bits per heavy atom. The lowest BCUT2D eigenvalue weighted by Gasteiger charge is -2.28. The van der Waals surface area contributed by atoms with Crippen LogP contribution in [0.25, 0.3) is 0 Å². The topological polar surface area (TPSA) is 27.3 Å². The van der Waals surface area contributed by atoms with Gasteiger partial charge in [0, 0.05) is 45.3 Å². The van der Waals surface area contributed by atoms with Crippen molar-refractivity contribution < 1.29 is 0 Å². The Bertz CT molecular complexity index is 289. The van der Waals surface area contributed by atoms with Gasteiger partial charge in [0.1, 0.15) is 0 Å². The highest BCUT2D eigenvalue weighted by Gasteiger charge is 2.11. The molecule has 1 aliphatic heterocycles. The minimum Gasteiger partial charge on any atom is -0.314 e. The highest BCUT2D eigenvalue weighted by molar-refractivity contribution is 4.72. The van der Waals surface area contributed by atoms with E-state index in [4.69, 9.17) is 0 Å². The van der Waals surface area contributed by atoms with Gasteiger partial charge < -0.3 is 10.6 Å². The third-order valence-corrected chi connectivity index (χ3v) is 6.13. The molecule has 2 N–H and O–H groups in total. The van der Waals surface area contributed by atoms with E-state index in [0.29, 0.717) is 0 Å². The third kappa shape index (κ3) is 15.5. The number of piperazine rings is 1. The molecule has 1 fully saturated rings. The first-order valence-electron chi connectivity index (χ1n) is 12.5. The van der Waals surface area contributed by atoms with E-state index in [2.05, 4.69) is 29.4 Å². The zero-order valence-electron chi connectivity index (χ0n) is 18.9. The van der Waals surface area contributed by atoms with Crippen LogP contribution in [0.1, 0.15) is 110 Å². The lowest BCUT2D eigenvalue weighted by molar-refractivity contribution is 0.235. The van der Waals surface area contributed by atoms with Crippen LogP contribution in [0.5, 0.6) is 0 Å². The summed E-state index contributed by atoms with van der Waals surface area (Å²) >= 11 is 0. The fourth-order valence-electron chi connectivity index (χ4n) is 4.23. The second-order valence-electron chi connectivity index (χ2n) is 8.71. The van der Waals surface area contributed by atoms with Crippen molar-refractivity contribution in [1.29, 1.82) is 0 Å². The third-order valence-electron chi connectivity index (χ3n) is 6.13. The summed E-state index contributed by atoms with van der Waals surface area (Å²) < 4.78 is 0. The van der Waals surface area contributed by atoms with Crippen molar-refractivity contribution in [3.8, 4) is 0 Å². The molecule has 0 saturated carbocycles. The fraction of sp³-hybridized carbons (Fsp3) is 1.00. The molecule has 1 atom stereocenters. The molecule has 0 amide bonds. The van der Waals surface area contributed by atoms with Gasteiger partial charge in [-0.3, -0.25) is 4.90 Å². The summed E-state index contributed by atoms with van der Waals surface area (Å²) in [6.07, 6.45) is 21.3. The van der Waals surface area contributed by atoms with Crippen molar-refractivity contribution in [2.24, 2.45) is 0 Å². The van der Waals surface area contributed by atoms with E-state index in [1.165, 1.54) is 136 Å². The highest BCUT2D eigenvalue weighted by atomic mass is 15.2. The van der Waals surface area contributed by atoms with Gasteiger partial charge in [-0.25, -0.2) is 0 Å². The first-order chi connectivity index (χ1) is 13.4. The average molecular weight is 382 g/mol. The summed E-state index contributed by atoms with van der Waals surface area (Å²) in [5.41, 5.74) is 0. The van der Waals surface area contributed by atoms with E-state index in [-0.39, 0.29) is 0 Å². The molecule has 0 bridgehead atoms. The maximum absolute atomic E-state index is 3.92. The van der Waals surface area contributed by atoms with Crippen molar-refractivity contribution in [3.63, 3.8) is 0 Å². The van der Waals surface area contributed by atoms with Crippen molar-refractivity contribution >= 4 is 0 Å². The van der Waals surface area contributed by atoms with Crippen LogP contribution in [-0.4, -0.2) is 50.2 Å². The summed E-state index contributed by atoms with van der Waals surface area (Å²) in [5, 5.41) is 7.37. The molecule has 0 radical (unpaired) electrons. The molecule has 162 valence electrons. The van der Waals surface area contributed by atoms with Crippen LogP contribution in [0.15, 0.2) is 0 Å². The van der Waals surface area contributed by atoms with Gasteiger partial charge in [-0.05, 0) is 12.8 Å². The van der Waals surface area contributed by atoms with Gasteiger partial charge >= 0.3 is 0 Å². The normalized spacial score (nSPS) is 16.7. The highest BCUT2D eigenvalue weighted by Crippen LogP contribution is 2.14. The lowest BCUT2D eigenvalue weighted by atomic mass is 10.00. The van der Waals surface area contributed by atoms with Gasteiger partial charge in [0.25, 0.3) is 0 Å². The van der Waals surface area contributed by atoms with Gasteiger partial charge in [-0.15, -0.1) is 0 Å². The minimum atomic E-state index is 0.759. The molecule has 1 saturated heterocycles. The predicted octanol–water partition coefficient (Wildman–Crippen LogP) is 5.74. The molecule has 3 nitrogen and oxygen atoms in total. The monoisotopic (exact) mass is 381 g/mol. The molecular weight excluding hydrogens is 330 g/mol. The van der Waals surface area contributed by atoms with E-state index < -0.39 is 0 Å². The van der Waals surface area contributed by atoms with Gasteiger partial charge in [0.2, 0.25) is 0 Å². The standard InChI is InChI=1S/C24H51N3/c1-3-5-7-9-11-13-15-17-24(16-14-12-10-8-6-4-2)26-20-23-27-21-18-25-19-22-27/h24-26H,3-23H2,1-2H3. The quantitative estimate of drug-likeness (QED) is 0.279. The Kier molecular flexibility index (Phi) is 17.7. The maximum Gasteiger partial charge on any atom is 0.0108 e. The second-order valence-corrected chi connectivity index (χ2v) is 8.71. The van der Waals surface area contributed by atoms with E-state index in [0.717, 1.165) is 6.04 Å². The molecule has 1 aliphatic rings. The van der Waals surface area contributed by atoms with E-state index >= 15 is 0 Å². The number of rotatable bonds is 19. The summed E-state index contributed by atoms with van der Waals surface area (Å²) in [5.74, 6) is 0. The first kappa shape index (κ1) is 24.9. The van der Waals surface area contributed by atoms with E-state index in [1.807, 2.05) is 0 Å². The SMILES string of the molecule is CCCCCCCCCC(CCCCCCCC)NCCN1CCNCC1. The largest absolute Gasteiger partial charge is 0.314 e. The molecule has 27 heavy (non-hydrogen) atoms. The Morgan fingerprint density at radius 3 is 1.70 bits per heavy atom. The van der Waals surface area contributed by atoms with Crippen LogP contribution < -0.4 is 10.6 Å². The van der Waals surface area contributed by atoms with Crippen LogP contribution in [0, 0.1) is 0 Å². The molecule has 1 heterocycles. The number of hydrogen-bond acceptors (Lipinski definition) is 3. The number of nitrogens with one attached hydrogen (secondary N) is 2. The number of hydrogen-bond donors (Lipinski definition) is 2. The van der Waals surface area contributed by atoms with Crippen LogP contribution >= 0.6 is 0 Å². The Morgan fingerprint density at radius 1 is 0.704 bits per heavy atom. The first-order valence-corrected chi connectivity index (χ1v) is 12.5. The smallest absolute Gasteiger partial charge is 0.0108 e. The van der Waals surface area contributed by atoms with Gasteiger partial charge in [-0.2, -0.15) is 0 Å². The predicted molar refractivity (Wildman–Crippen MR) is 122 cm³/mol. The van der Waals surface area contributed by atoms with E-state index in [1.54, 1.807) is 0 Å². The molecule has 0 aromatic heterocycles. The molecule has 1 rings (SSSR count). The van der Waals surface area contributed by atoms with Crippen LogP contribution in [0.3, 0.4) is 0 Å². The average Bonchev–Trinajstić information content (AvgIpc) is 2.70. The Hall–Kier alpha value is -0.120. The van der Waals surface area contributed by atoms with Crippen molar-refractivity contribution in [3.05, 3.63) is 0 Å². The molecule has 0 aliphatic carbocycles. The van der Waals surface area contributed by atoms with Crippen LogP contribution in [0.4, 0.5) is 0 Å². The minimum absolute atomic E-state index is 0.759. The van der Waals surface area contributed by atoms with E-state index in [9.17, 15) is 0 Å². The summed E-state index contributed by atoms with van der Waals surface area (Å²) in [6.45, 7) is 11.8. The molecule has 0 spiro atoms. The Balaban J connectivity index is 2.13. The molecule has 3 heteroatoms. The second kappa shape index (κ2) is 19.2. The van der Waals surface area contributed by atoms with Crippen molar-refractivity contribution in [2.75, 3.05) is 39.3 Å². The molecule has 0 aromatic carbocycles. The molecule has 1 unspecified atom stereocenters. The lowest BCUT2D eigenvalue weighted by Crippen LogP contribution is -2.46. The van der Waals surface area contributed by atoms with Gasteiger partial charge in [-0.1, -0.05) is 97.3 Å². The van der Waals surface area contributed by atoms with Gasteiger partial charge in [0.15, 0.2) is 0 Å². The number of nitrogens with zero attached hydrogens (tertiary/aromatic N) is 1.